The van der Waals surface area contributed by atoms with E-state index in [-0.39, 0.29) is 18.4 Å². The average Bonchev–Trinajstić information content (AvgIpc) is 2.94. The number of nitrogens with zero attached hydrogens (tertiary/aromatic N) is 2. The molecule has 0 radical (unpaired) electrons. The first-order valence-corrected chi connectivity index (χ1v) is 11.6. The van der Waals surface area contributed by atoms with Gasteiger partial charge in [0.15, 0.2) is 0 Å². The number of pyridine rings is 2. The van der Waals surface area contributed by atoms with Crippen molar-refractivity contribution in [2.24, 2.45) is 0 Å². The van der Waals surface area contributed by atoms with E-state index in [0.717, 1.165) is 38.9 Å². The molecule has 1 amide bonds. The number of nitrogens with one attached hydrogen (secondary N) is 1. The van der Waals surface area contributed by atoms with E-state index >= 15 is 0 Å². The summed E-state index contributed by atoms with van der Waals surface area (Å²) in [5.74, 6) is -0.362. The van der Waals surface area contributed by atoms with Crippen molar-refractivity contribution in [2.75, 3.05) is 13.2 Å². The van der Waals surface area contributed by atoms with E-state index in [0.29, 0.717) is 12.1 Å². The van der Waals surface area contributed by atoms with Gasteiger partial charge in [0.2, 0.25) is 0 Å². The molecule has 0 aliphatic rings. The fraction of sp³-hybridized carbons (Fsp3) is 0.100. The van der Waals surface area contributed by atoms with Crippen molar-refractivity contribution in [2.45, 2.75) is 5.92 Å². The van der Waals surface area contributed by atoms with Gasteiger partial charge in [-0.2, -0.15) is 0 Å². The molecule has 0 saturated carbocycles. The summed E-state index contributed by atoms with van der Waals surface area (Å²) in [6, 6.07) is 31.2. The summed E-state index contributed by atoms with van der Waals surface area (Å²) in [6.07, 6.45) is 3.59. The quantitative estimate of drug-likeness (QED) is 0.338. The van der Waals surface area contributed by atoms with Gasteiger partial charge in [0, 0.05) is 35.8 Å². The molecule has 2 aromatic heterocycles. The largest absolute Gasteiger partial charge is 0.396 e. The number of rotatable bonds is 7. The van der Waals surface area contributed by atoms with Crippen molar-refractivity contribution >= 4 is 16.8 Å². The van der Waals surface area contributed by atoms with Gasteiger partial charge in [-0.1, -0.05) is 78.9 Å². The number of aliphatic hydroxyl groups excluding tert-OH is 1. The van der Waals surface area contributed by atoms with Crippen molar-refractivity contribution in [1.29, 1.82) is 0 Å². The third kappa shape index (κ3) is 4.95. The molecule has 2 N–H and O–H groups in total. The number of benzene rings is 3. The molecule has 0 bridgehead atoms. The van der Waals surface area contributed by atoms with Gasteiger partial charge in [-0.15, -0.1) is 0 Å². The lowest BCUT2D eigenvalue weighted by atomic mass is 9.99. The molecule has 0 saturated heterocycles. The molecule has 5 aromatic rings. The second-order valence-corrected chi connectivity index (χ2v) is 8.39. The average molecular weight is 460 g/mol. The molecule has 5 nitrogen and oxygen atoms in total. The van der Waals surface area contributed by atoms with Gasteiger partial charge < -0.3 is 10.4 Å². The first-order chi connectivity index (χ1) is 17.2. The molecule has 5 heteroatoms. The van der Waals surface area contributed by atoms with Crippen LogP contribution in [0.3, 0.4) is 0 Å². The summed E-state index contributed by atoms with van der Waals surface area (Å²) < 4.78 is 0. The highest BCUT2D eigenvalue weighted by atomic mass is 16.3. The number of aromatic nitrogens is 2. The molecule has 0 fully saturated rings. The Morgan fingerprint density at radius 2 is 1.57 bits per heavy atom. The standard InChI is InChI=1S/C30H25N3O2/c34-20-25(21-7-2-1-3-8-21)19-32-30(35)27-17-29(33-28-11-5-4-10-26(27)28)23-14-12-22(13-15-23)24-9-6-16-31-18-24/h1-18,25,34H,19-20H2,(H,32,35). The van der Waals surface area contributed by atoms with E-state index in [4.69, 9.17) is 4.98 Å². The van der Waals surface area contributed by atoms with Crippen LogP contribution in [0.25, 0.3) is 33.3 Å². The van der Waals surface area contributed by atoms with Crippen molar-refractivity contribution in [3.63, 3.8) is 0 Å². The van der Waals surface area contributed by atoms with Gasteiger partial charge >= 0.3 is 0 Å². The predicted octanol–water partition coefficient (Wildman–Crippen LogP) is 5.47. The number of carbonyl (C=O) groups is 1. The van der Waals surface area contributed by atoms with Crippen LogP contribution in [0.4, 0.5) is 0 Å². The first-order valence-electron chi connectivity index (χ1n) is 11.6. The second-order valence-electron chi connectivity index (χ2n) is 8.39. The molecule has 2 heterocycles. The molecule has 0 spiro atoms. The van der Waals surface area contributed by atoms with Gasteiger partial charge in [0.05, 0.1) is 23.4 Å². The van der Waals surface area contributed by atoms with Crippen LogP contribution in [-0.4, -0.2) is 34.1 Å². The van der Waals surface area contributed by atoms with Gasteiger partial charge in [0.25, 0.3) is 5.91 Å². The monoisotopic (exact) mass is 459 g/mol. The van der Waals surface area contributed by atoms with Crippen molar-refractivity contribution < 1.29 is 9.90 Å². The summed E-state index contributed by atoms with van der Waals surface area (Å²) in [7, 11) is 0. The van der Waals surface area contributed by atoms with Gasteiger partial charge in [-0.05, 0) is 34.9 Å². The SMILES string of the molecule is O=C(NCC(CO)c1ccccc1)c1cc(-c2ccc(-c3cccnc3)cc2)nc2ccccc12. The fourth-order valence-electron chi connectivity index (χ4n) is 4.20. The molecule has 5 rings (SSSR count). The third-order valence-electron chi connectivity index (χ3n) is 6.14. The first kappa shape index (κ1) is 22.4. The molecule has 172 valence electrons. The lowest BCUT2D eigenvalue weighted by Crippen LogP contribution is -2.30. The molecule has 0 aliphatic carbocycles. The highest BCUT2D eigenvalue weighted by Gasteiger charge is 2.17. The maximum atomic E-state index is 13.3. The number of carbonyl (C=O) groups excluding carboxylic acids is 1. The predicted molar refractivity (Wildman–Crippen MR) is 139 cm³/mol. The van der Waals surface area contributed by atoms with Crippen LogP contribution in [-0.2, 0) is 0 Å². The van der Waals surface area contributed by atoms with E-state index < -0.39 is 0 Å². The Balaban J connectivity index is 1.44. The molecular formula is C30H25N3O2. The zero-order valence-electron chi connectivity index (χ0n) is 19.1. The highest BCUT2D eigenvalue weighted by molar-refractivity contribution is 6.07. The van der Waals surface area contributed by atoms with Crippen molar-refractivity contribution in [3.05, 3.63) is 121 Å². The summed E-state index contributed by atoms with van der Waals surface area (Å²) in [6.45, 7) is 0.293. The molecule has 3 aromatic carbocycles. The molecule has 0 aliphatic heterocycles. The molecular weight excluding hydrogens is 434 g/mol. The number of amides is 1. The lowest BCUT2D eigenvalue weighted by Gasteiger charge is -2.16. The van der Waals surface area contributed by atoms with Crippen LogP contribution >= 0.6 is 0 Å². The summed E-state index contributed by atoms with van der Waals surface area (Å²) >= 11 is 0. The van der Waals surface area contributed by atoms with Crippen LogP contribution in [0, 0.1) is 0 Å². The van der Waals surface area contributed by atoms with Crippen LogP contribution in [0.5, 0.6) is 0 Å². The topological polar surface area (TPSA) is 75.1 Å². The van der Waals surface area contributed by atoms with Gasteiger partial charge in [-0.3, -0.25) is 9.78 Å². The van der Waals surface area contributed by atoms with Crippen LogP contribution in [0.15, 0.2) is 109 Å². The Bertz CT molecular complexity index is 1440. The van der Waals surface area contributed by atoms with Crippen LogP contribution in [0.2, 0.25) is 0 Å². The minimum Gasteiger partial charge on any atom is -0.396 e. The van der Waals surface area contributed by atoms with Gasteiger partial charge in [-0.25, -0.2) is 4.98 Å². The molecule has 35 heavy (non-hydrogen) atoms. The van der Waals surface area contributed by atoms with E-state index in [1.165, 1.54) is 0 Å². The fourth-order valence-corrected chi connectivity index (χ4v) is 4.20. The Labute approximate surface area is 204 Å². The highest BCUT2D eigenvalue weighted by Crippen LogP contribution is 2.27. The van der Waals surface area contributed by atoms with Gasteiger partial charge in [0.1, 0.15) is 0 Å². The van der Waals surface area contributed by atoms with E-state index in [1.54, 1.807) is 6.20 Å². The smallest absolute Gasteiger partial charge is 0.252 e. The minimum absolute atomic E-state index is 0.0457. The number of hydrogen-bond donors (Lipinski definition) is 2. The summed E-state index contributed by atoms with van der Waals surface area (Å²) in [5, 5.41) is 13.7. The number of hydrogen-bond acceptors (Lipinski definition) is 4. The Morgan fingerprint density at radius 1 is 0.829 bits per heavy atom. The van der Waals surface area contributed by atoms with E-state index in [2.05, 4.69) is 10.3 Å². The maximum Gasteiger partial charge on any atom is 0.252 e. The number of aliphatic hydroxyl groups is 1. The summed E-state index contributed by atoms with van der Waals surface area (Å²) in [5.41, 5.74) is 6.08. The summed E-state index contributed by atoms with van der Waals surface area (Å²) in [4.78, 5) is 22.3. The Kier molecular flexibility index (Phi) is 6.59. The van der Waals surface area contributed by atoms with Crippen LogP contribution in [0.1, 0.15) is 21.8 Å². The Morgan fingerprint density at radius 3 is 2.31 bits per heavy atom. The van der Waals surface area contributed by atoms with E-state index in [9.17, 15) is 9.90 Å². The Hall–Kier alpha value is -4.35. The third-order valence-corrected chi connectivity index (χ3v) is 6.14. The minimum atomic E-state index is -0.189. The number of para-hydroxylation sites is 1. The second kappa shape index (κ2) is 10.3. The molecule has 1 atom stereocenters. The normalized spacial score (nSPS) is 11.8. The zero-order chi connectivity index (χ0) is 24.0. The van der Waals surface area contributed by atoms with Crippen molar-refractivity contribution in [3.8, 4) is 22.4 Å². The van der Waals surface area contributed by atoms with E-state index in [1.807, 2.05) is 103 Å². The van der Waals surface area contributed by atoms with Crippen molar-refractivity contribution in [1.82, 2.24) is 15.3 Å². The maximum absolute atomic E-state index is 13.3. The number of fused-ring (bicyclic) bond motifs is 1. The zero-order valence-corrected chi connectivity index (χ0v) is 19.1. The van der Waals surface area contributed by atoms with Crippen LogP contribution < -0.4 is 5.32 Å². The molecule has 1 unspecified atom stereocenters. The lowest BCUT2D eigenvalue weighted by molar-refractivity contribution is 0.0949.